The monoisotopic (exact) mass is 475 g/mol. The van der Waals surface area contributed by atoms with Gasteiger partial charge >= 0.3 is 0 Å². The SMILES string of the molecule is COCCCN1C(=O)C(=O)/C(=C(/O)c2ccc3c(c2)N(C)CCO3)C1c1c(C)[nH]c2ccccc12. The number of aromatic nitrogens is 1. The maximum atomic E-state index is 13.4. The Hall–Kier alpha value is -3.78. The van der Waals surface area contributed by atoms with Crippen molar-refractivity contribution in [2.45, 2.75) is 19.4 Å². The predicted molar refractivity (Wildman–Crippen MR) is 134 cm³/mol. The molecule has 5 rings (SSSR count). The maximum absolute atomic E-state index is 13.4. The Morgan fingerprint density at radius 2 is 2.03 bits per heavy atom. The molecule has 1 unspecified atom stereocenters. The minimum atomic E-state index is -0.715. The molecule has 1 saturated heterocycles. The van der Waals surface area contributed by atoms with Crippen molar-refractivity contribution in [2.75, 3.05) is 45.4 Å². The Balaban J connectivity index is 1.69. The van der Waals surface area contributed by atoms with Gasteiger partial charge in [0.05, 0.1) is 23.8 Å². The highest BCUT2D eigenvalue weighted by Gasteiger charge is 2.47. The summed E-state index contributed by atoms with van der Waals surface area (Å²) in [5.41, 5.74) is 3.97. The topological polar surface area (TPSA) is 95.1 Å². The van der Waals surface area contributed by atoms with Crippen LogP contribution >= 0.6 is 0 Å². The van der Waals surface area contributed by atoms with Gasteiger partial charge in [0.2, 0.25) is 0 Å². The average molecular weight is 476 g/mol. The van der Waals surface area contributed by atoms with Crippen molar-refractivity contribution < 1.29 is 24.2 Å². The quantitative estimate of drug-likeness (QED) is 0.244. The summed E-state index contributed by atoms with van der Waals surface area (Å²) in [7, 11) is 3.56. The van der Waals surface area contributed by atoms with Crippen molar-refractivity contribution in [3.8, 4) is 5.75 Å². The van der Waals surface area contributed by atoms with Crippen molar-refractivity contribution in [3.63, 3.8) is 0 Å². The third-order valence-corrected chi connectivity index (χ3v) is 6.83. The van der Waals surface area contributed by atoms with Gasteiger partial charge in [-0.3, -0.25) is 9.59 Å². The summed E-state index contributed by atoms with van der Waals surface area (Å²) < 4.78 is 10.9. The highest BCUT2D eigenvalue weighted by atomic mass is 16.5. The standard InChI is InChI=1S/C27H29N3O5/c1-16-22(18-7-4-5-8-19(18)28-16)24-23(26(32)27(33)30(24)11-6-13-34-3)25(31)17-9-10-21-20(15-17)29(2)12-14-35-21/h4-5,7-10,15,24,28,31H,6,11-14H2,1-3H3/b25-23+. The summed E-state index contributed by atoms with van der Waals surface area (Å²) >= 11 is 0. The van der Waals surface area contributed by atoms with E-state index in [2.05, 4.69) is 4.98 Å². The Labute approximate surface area is 203 Å². The van der Waals surface area contributed by atoms with Crippen LogP contribution < -0.4 is 9.64 Å². The highest BCUT2D eigenvalue weighted by Crippen LogP contribution is 2.44. The minimum Gasteiger partial charge on any atom is -0.507 e. The van der Waals surface area contributed by atoms with Gasteiger partial charge in [-0.2, -0.15) is 0 Å². The van der Waals surface area contributed by atoms with E-state index in [-0.39, 0.29) is 11.3 Å². The number of carbonyl (C=O) groups is 2. The summed E-state index contributed by atoms with van der Waals surface area (Å²) in [5.74, 6) is -0.763. The van der Waals surface area contributed by atoms with Crippen LogP contribution in [-0.2, 0) is 14.3 Å². The van der Waals surface area contributed by atoms with E-state index in [1.165, 1.54) is 0 Å². The molecular formula is C27H29N3O5. The number of aliphatic hydroxyl groups excluding tert-OH is 1. The molecule has 35 heavy (non-hydrogen) atoms. The lowest BCUT2D eigenvalue weighted by Gasteiger charge is -2.28. The zero-order valence-corrected chi connectivity index (χ0v) is 20.1. The molecule has 0 spiro atoms. The van der Waals surface area contributed by atoms with Crippen molar-refractivity contribution in [2.24, 2.45) is 0 Å². The van der Waals surface area contributed by atoms with E-state index in [1.54, 1.807) is 30.2 Å². The molecule has 1 amide bonds. The highest BCUT2D eigenvalue weighted by molar-refractivity contribution is 6.46. The molecule has 0 saturated carbocycles. The summed E-state index contributed by atoms with van der Waals surface area (Å²) in [5, 5.41) is 12.4. The van der Waals surface area contributed by atoms with Gasteiger partial charge in [-0.25, -0.2) is 0 Å². The number of nitrogens with one attached hydrogen (secondary N) is 1. The average Bonchev–Trinajstić information content (AvgIpc) is 3.31. The number of aliphatic hydroxyl groups is 1. The number of nitrogens with zero attached hydrogens (tertiary/aromatic N) is 2. The molecule has 0 bridgehead atoms. The van der Waals surface area contributed by atoms with Crippen molar-refractivity contribution >= 4 is 34.0 Å². The Kier molecular flexibility index (Phi) is 5.98. The molecule has 2 N–H and O–H groups in total. The molecule has 1 fully saturated rings. The van der Waals surface area contributed by atoms with Gasteiger partial charge in [0, 0.05) is 55.0 Å². The van der Waals surface area contributed by atoms with Gasteiger partial charge in [0.25, 0.3) is 11.7 Å². The summed E-state index contributed by atoms with van der Waals surface area (Å²) in [4.78, 5) is 33.6. The zero-order valence-electron chi connectivity index (χ0n) is 20.1. The van der Waals surface area contributed by atoms with Crippen LogP contribution in [0, 0.1) is 6.92 Å². The van der Waals surface area contributed by atoms with Gasteiger partial charge < -0.3 is 29.4 Å². The molecule has 2 aromatic carbocycles. The second kappa shape index (κ2) is 9.11. The number of anilines is 1. The van der Waals surface area contributed by atoms with Crippen LogP contribution in [0.3, 0.4) is 0 Å². The number of carbonyl (C=O) groups excluding carboxylic acids is 2. The molecule has 182 valence electrons. The number of ketones is 1. The lowest BCUT2D eigenvalue weighted by Crippen LogP contribution is -2.31. The molecule has 0 aliphatic carbocycles. The number of hydrogen-bond donors (Lipinski definition) is 2. The van der Waals surface area contributed by atoms with E-state index in [1.807, 2.05) is 43.1 Å². The third-order valence-electron chi connectivity index (χ3n) is 6.83. The fourth-order valence-corrected chi connectivity index (χ4v) is 5.09. The number of Topliss-reactive ketones (excluding diaryl/α,β-unsaturated/α-hetero) is 1. The number of H-pyrrole nitrogens is 1. The van der Waals surface area contributed by atoms with Crippen LogP contribution in [0.5, 0.6) is 5.75 Å². The number of ether oxygens (including phenoxy) is 2. The Morgan fingerprint density at radius 3 is 2.83 bits per heavy atom. The normalized spacial score (nSPS) is 19.3. The Bertz CT molecular complexity index is 1340. The number of rotatable bonds is 6. The van der Waals surface area contributed by atoms with Crippen LogP contribution in [0.15, 0.2) is 48.0 Å². The molecule has 3 aromatic rings. The van der Waals surface area contributed by atoms with Crippen molar-refractivity contribution in [3.05, 3.63) is 64.9 Å². The first-order valence-electron chi connectivity index (χ1n) is 11.7. The van der Waals surface area contributed by atoms with E-state index in [0.717, 1.165) is 40.1 Å². The van der Waals surface area contributed by atoms with Crippen LogP contribution in [0.4, 0.5) is 5.69 Å². The zero-order chi connectivity index (χ0) is 24.7. The fourth-order valence-electron chi connectivity index (χ4n) is 5.09. The maximum Gasteiger partial charge on any atom is 0.295 e. The second-order valence-corrected chi connectivity index (χ2v) is 9.00. The molecule has 2 aliphatic rings. The fraction of sp³-hybridized carbons (Fsp3) is 0.333. The number of hydrogen-bond acceptors (Lipinski definition) is 6. The van der Waals surface area contributed by atoms with E-state index in [9.17, 15) is 14.7 Å². The van der Waals surface area contributed by atoms with Crippen LogP contribution in [0.1, 0.15) is 29.3 Å². The minimum absolute atomic E-state index is 0.0969. The van der Waals surface area contributed by atoms with Crippen LogP contribution in [-0.4, -0.2) is 67.1 Å². The second-order valence-electron chi connectivity index (χ2n) is 9.00. The molecule has 3 heterocycles. The number of amides is 1. The molecule has 0 radical (unpaired) electrons. The first kappa shape index (κ1) is 23.0. The van der Waals surface area contributed by atoms with Gasteiger partial charge in [-0.05, 0) is 37.6 Å². The van der Waals surface area contributed by atoms with Gasteiger partial charge in [-0.15, -0.1) is 0 Å². The van der Waals surface area contributed by atoms with E-state index in [0.29, 0.717) is 31.7 Å². The molecular weight excluding hydrogens is 446 g/mol. The summed E-state index contributed by atoms with van der Waals surface area (Å²) in [6.45, 7) is 4.02. The number of likely N-dealkylation sites (N-methyl/N-ethyl adjacent to an activating group) is 1. The van der Waals surface area contributed by atoms with Crippen LogP contribution in [0.25, 0.3) is 16.7 Å². The van der Waals surface area contributed by atoms with Crippen molar-refractivity contribution in [1.82, 2.24) is 9.88 Å². The third kappa shape index (κ3) is 3.83. The van der Waals surface area contributed by atoms with E-state index >= 15 is 0 Å². The molecule has 8 heteroatoms. The van der Waals surface area contributed by atoms with E-state index in [4.69, 9.17) is 9.47 Å². The number of methoxy groups -OCH3 is 1. The number of para-hydroxylation sites is 1. The molecule has 8 nitrogen and oxygen atoms in total. The molecule has 1 aromatic heterocycles. The van der Waals surface area contributed by atoms with Gasteiger partial charge in [0.15, 0.2) is 0 Å². The van der Waals surface area contributed by atoms with Gasteiger partial charge in [0.1, 0.15) is 18.1 Å². The molecule has 2 aliphatic heterocycles. The summed E-state index contributed by atoms with van der Waals surface area (Å²) in [6, 6.07) is 12.4. The number of aryl methyl sites for hydroxylation is 1. The lowest BCUT2D eigenvalue weighted by molar-refractivity contribution is -0.140. The smallest absolute Gasteiger partial charge is 0.295 e. The number of benzene rings is 2. The van der Waals surface area contributed by atoms with E-state index < -0.39 is 17.7 Å². The number of likely N-dealkylation sites (tertiary alicyclic amines) is 1. The first-order valence-corrected chi connectivity index (χ1v) is 11.7. The van der Waals surface area contributed by atoms with Crippen LogP contribution in [0.2, 0.25) is 0 Å². The number of fused-ring (bicyclic) bond motifs is 2. The largest absolute Gasteiger partial charge is 0.507 e. The summed E-state index contributed by atoms with van der Waals surface area (Å²) in [6.07, 6.45) is 0.572. The Morgan fingerprint density at radius 1 is 1.23 bits per heavy atom. The van der Waals surface area contributed by atoms with Gasteiger partial charge in [-0.1, -0.05) is 18.2 Å². The number of aromatic amines is 1. The molecule has 1 atom stereocenters. The predicted octanol–water partition coefficient (Wildman–Crippen LogP) is 3.76. The lowest BCUT2D eigenvalue weighted by atomic mass is 9.93. The first-order chi connectivity index (χ1) is 16.9. The van der Waals surface area contributed by atoms with Crippen molar-refractivity contribution in [1.29, 1.82) is 0 Å².